The number of nitrogens with zero attached hydrogens (tertiary/aromatic N) is 4. The smallest absolute Gasteiger partial charge is 0.0657 e. The van der Waals surface area contributed by atoms with E-state index in [1.807, 2.05) is 0 Å². The van der Waals surface area contributed by atoms with E-state index in [-0.39, 0.29) is 0 Å². The molecule has 29 heavy (non-hydrogen) atoms. The van der Waals surface area contributed by atoms with Gasteiger partial charge in [0, 0.05) is 37.6 Å². The van der Waals surface area contributed by atoms with Gasteiger partial charge in [-0.2, -0.15) is 5.10 Å². The number of piperazine rings is 1. The van der Waals surface area contributed by atoms with Gasteiger partial charge in [0.2, 0.25) is 0 Å². The molecule has 1 aliphatic rings. The van der Waals surface area contributed by atoms with Crippen LogP contribution in [0.2, 0.25) is 0 Å². The Morgan fingerprint density at radius 1 is 0.828 bits per heavy atom. The standard InChI is InChI=1S/C25H32N4/c1-21(2)25-20-24(29(26-25)23-12-7-4-8-13-23)14-9-15-27-16-18-28(19-17-27)22-10-5-3-6-11-22/h3-8,10-13,20-21H,9,14-19H2,1-2H3. The minimum atomic E-state index is 0.449. The summed E-state index contributed by atoms with van der Waals surface area (Å²) in [4.78, 5) is 5.10. The second-order valence-corrected chi connectivity index (χ2v) is 8.23. The average Bonchev–Trinajstić information content (AvgIpc) is 3.20. The summed E-state index contributed by atoms with van der Waals surface area (Å²) >= 11 is 0. The van der Waals surface area contributed by atoms with E-state index in [1.165, 1.54) is 23.5 Å². The highest BCUT2D eigenvalue weighted by Crippen LogP contribution is 2.20. The van der Waals surface area contributed by atoms with Gasteiger partial charge in [0.05, 0.1) is 11.4 Å². The lowest BCUT2D eigenvalue weighted by Crippen LogP contribution is -2.46. The number of benzene rings is 2. The molecule has 4 heteroatoms. The number of aromatic nitrogens is 2. The third-order valence-corrected chi connectivity index (χ3v) is 5.80. The SMILES string of the molecule is CC(C)c1cc(CCCN2CCN(c3ccccc3)CC2)n(-c2ccccc2)n1. The minimum Gasteiger partial charge on any atom is -0.369 e. The molecule has 1 fully saturated rings. The maximum atomic E-state index is 4.89. The van der Waals surface area contributed by atoms with Crippen molar-refractivity contribution in [1.82, 2.24) is 14.7 Å². The molecule has 0 atom stereocenters. The molecule has 0 saturated carbocycles. The topological polar surface area (TPSA) is 24.3 Å². The Labute approximate surface area is 174 Å². The van der Waals surface area contributed by atoms with Crippen molar-refractivity contribution in [2.45, 2.75) is 32.6 Å². The largest absolute Gasteiger partial charge is 0.369 e. The Morgan fingerprint density at radius 2 is 1.45 bits per heavy atom. The zero-order valence-electron chi connectivity index (χ0n) is 17.7. The fourth-order valence-corrected chi connectivity index (χ4v) is 4.05. The van der Waals surface area contributed by atoms with E-state index in [2.05, 4.69) is 95.1 Å². The lowest BCUT2D eigenvalue weighted by molar-refractivity contribution is 0.254. The van der Waals surface area contributed by atoms with Gasteiger partial charge in [0.25, 0.3) is 0 Å². The van der Waals surface area contributed by atoms with Crippen LogP contribution >= 0.6 is 0 Å². The molecule has 2 heterocycles. The molecule has 1 saturated heterocycles. The van der Waals surface area contributed by atoms with Gasteiger partial charge in [-0.15, -0.1) is 0 Å². The number of hydrogen-bond acceptors (Lipinski definition) is 3. The molecule has 4 rings (SSSR count). The van der Waals surface area contributed by atoms with Crippen molar-refractivity contribution in [2.75, 3.05) is 37.6 Å². The number of para-hydroxylation sites is 2. The molecule has 0 aliphatic carbocycles. The van der Waals surface area contributed by atoms with Gasteiger partial charge in [-0.3, -0.25) is 4.90 Å². The van der Waals surface area contributed by atoms with Crippen LogP contribution in [-0.2, 0) is 6.42 Å². The molecule has 0 bridgehead atoms. The highest BCUT2D eigenvalue weighted by Gasteiger charge is 2.17. The van der Waals surface area contributed by atoms with Crippen LogP contribution in [0.25, 0.3) is 5.69 Å². The van der Waals surface area contributed by atoms with Crippen LogP contribution in [0.1, 0.15) is 37.6 Å². The van der Waals surface area contributed by atoms with E-state index in [9.17, 15) is 0 Å². The Morgan fingerprint density at radius 3 is 2.07 bits per heavy atom. The highest BCUT2D eigenvalue weighted by atomic mass is 15.3. The van der Waals surface area contributed by atoms with E-state index in [4.69, 9.17) is 5.10 Å². The molecule has 1 aliphatic heterocycles. The first kappa shape index (κ1) is 19.7. The van der Waals surface area contributed by atoms with E-state index >= 15 is 0 Å². The van der Waals surface area contributed by atoms with Gasteiger partial charge in [-0.25, -0.2) is 4.68 Å². The molecular formula is C25H32N4. The normalized spacial score (nSPS) is 15.2. The molecule has 1 aromatic heterocycles. The summed E-state index contributed by atoms with van der Waals surface area (Å²) in [5, 5.41) is 4.89. The first-order valence-corrected chi connectivity index (χ1v) is 10.9. The maximum absolute atomic E-state index is 4.89. The second kappa shape index (κ2) is 9.27. The minimum absolute atomic E-state index is 0.449. The molecule has 0 spiro atoms. The van der Waals surface area contributed by atoms with Crippen molar-refractivity contribution in [2.24, 2.45) is 0 Å². The zero-order chi connectivity index (χ0) is 20.1. The van der Waals surface area contributed by atoms with Crippen molar-refractivity contribution >= 4 is 5.69 Å². The fourth-order valence-electron chi connectivity index (χ4n) is 4.05. The van der Waals surface area contributed by atoms with Crippen LogP contribution in [0.15, 0.2) is 66.7 Å². The first-order chi connectivity index (χ1) is 14.2. The van der Waals surface area contributed by atoms with Gasteiger partial charge in [0.1, 0.15) is 0 Å². The average molecular weight is 389 g/mol. The summed E-state index contributed by atoms with van der Waals surface area (Å²) < 4.78 is 2.14. The van der Waals surface area contributed by atoms with Crippen molar-refractivity contribution in [3.8, 4) is 5.69 Å². The molecule has 0 amide bonds. The summed E-state index contributed by atoms with van der Waals surface area (Å²) in [5.74, 6) is 0.449. The van der Waals surface area contributed by atoms with Crippen LogP contribution in [0.5, 0.6) is 0 Å². The van der Waals surface area contributed by atoms with Crippen LogP contribution in [0.3, 0.4) is 0 Å². The lowest BCUT2D eigenvalue weighted by Gasteiger charge is -2.36. The summed E-state index contributed by atoms with van der Waals surface area (Å²) in [7, 11) is 0. The molecule has 0 radical (unpaired) electrons. The lowest BCUT2D eigenvalue weighted by atomic mass is 10.1. The molecular weight excluding hydrogens is 356 g/mol. The zero-order valence-corrected chi connectivity index (χ0v) is 17.7. The van der Waals surface area contributed by atoms with Crippen LogP contribution in [-0.4, -0.2) is 47.4 Å². The number of hydrogen-bond donors (Lipinski definition) is 0. The van der Waals surface area contributed by atoms with Crippen molar-refractivity contribution in [3.05, 3.63) is 78.1 Å². The molecule has 2 aromatic carbocycles. The van der Waals surface area contributed by atoms with E-state index < -0.39 is 0 Å². The number of aryl methyl sites for hydroxylation is 1. The molecule has 0 unspecified atom stereocenters. The summed E-state index contributed by atoms with van der Waals surface area (Å²) in [6, 6.07) is 23.6. The van der Waals surface area contributed by atoms with Crippen LogP contribution in [0, 0.1) is 0 Å². The van der Waals surface area contributed by atoms with Gasteiger partial charge >= 0.3 is 0 Å². The van der Waals surface area contributed by atoms with E-state index in [0.717, 1.165) is 44.8 Å². The molecule has 0 N–H and O–H groups in total. The monoisotopic (exact) mass is 388 g/mol. The molecule has 3 aromatic rings. The third kappa shape index (κ3) is 4.88. The van der Waals surface area contributed by atoms with Gasteiger partial charge in [-0.05, 0) is 55.6 Å². The first-order valence-electron chi connectivity index (χ1n) is 10.9. The predicted molar refractivity (Wildman–Crippen MR) is 121 cm³/mol. The van der Waals surface area contributed by atoms with Gasteiger partial charge in [-0.1, -0.05) is 50.2 Å². The Bertz CT molecular complexity index is 878. The third-order valence-electron chi connectivity index (χ3n) is 5.80. The van der Waals surface area contributed by atoms with E-state index in [0.29, 0.717) is 5.92 Å². The van der Waals surface area contributed by atoms with Crippen molar-refractivity contribution in [3.63, 3.8) is 0 Å². The maximum Gasteiger partial charge on any atom is 0.0657 e. The highest BCUT2D eigenvalue weighted by molar-refractivity contribution is 5.46. The summed E-state index contributed by atoms with van der Waals surface area (Å²) in [6.07, 6.45) is 2.23. The Kier molecular flexibility index (Phi) is 6.30. The van der Waals surface area contributed by atoms with Crippen LogP contribution in [0.4, 0.5) is 5.69 Å². The van der Waals surface area contributed by atoms with Gasteiger partial charge < -0.3 is 4.90 Å². The van der Waals surface area contributed by atoms with Crippen molar-refractivity contribution < 1.29 is 0 Å². The van der Waals surface area contributed by atoms with E-state index in [1.54, 1.807) is 0 Å². The summed E-state index contributed by atoms with van der Waals surface area (Å²) in [5.41, 5.74) is 5.01. The Hall–Kier alpha value is -2.59. The Balaban J connectivity index is 1.33. The number of anilines is 1. The molecule has 152 valence electrons. The second-order valence-electron chi connectivity index (χ2n) is 8.23. The summed E-state index contributed by atoms with van der Waals surface area (Å²) in [6.45, 7) is 10.1. The molecule has 4 nitrogen and oxygen atoms in total. The van der Waals surface area contributed by atoms with Crippen molar-refractivity contribution in [1.29, 1.82) is 0 Å². The quantitative estimate of drug-likeness (QED) is 0.584. The number of rotatable bonds is 7. The fraction of sp³-hybridized carbons (Fsp3) is 0.400. The predicted octanol–water partition coefficient (Wildman–Crippen LogP) is 4.75. The van der Waals surface area contributed by atoms with Crippen LogP contribution < -0.4 is 4.90 Å². The van der Waals surface area contributed by atoms with Gasteiger partial charge in [0.15, 0.2) is 0 Å².